The molecule has 1 N–H and O–H groups in total. The minimum atomic E-state index is -0.605. The van der Waals surface area contributed by atoms with Crippen LogP contribution in [0.3, 0.4) is 0 Å². The van der Waals surface area contributed by atoms with Crippen molar-refractivity contribution in [3.63, 3.8) is 0 Å². The van der Waals surface area contributed by atoms with E-state index in [9.17, 15) is 14.4 Å². The number of ether oxygens (including phenoxy) is 1. The van der Waals surface area contributed by atoms with Gasteiger partial charge in [0.2, 0.25) is 5.91 Å². The second-order valence-electron chi connectivity index (χ2n) is 7.71. The lowest BCUT2D eigenvalue weighted by atomic mass is 10.2. The zero-order valence-corrected chi connectivity index (χ0v) is 20.3. The van der Waals surface area contributed by atoms with Crippen LogP contribution in [0.2, 0.25) is 0 Å². The molecule has 0 radical (unpaired) electrons. The maximum atomic E-state index is 13.4. The van der Waals surface area contributed by atoms with Gasteiger partial charge in [-0.1, -0.05) is 37.3 Å². The summed E-state index contributed by atoms with van der Waals surface area (Å²) < 4.78 is 9.15. The molecule has 3 aromatic heterocycles. The van der Waals surface area contributed by atoms with Crippen LogP contribution in [0.1, 0.15) is 12.5 Å². The second kappa shape index (κ2) is 11.2. The molecule has 35 heavy (non-hydrogen) atoms. The van der Waals surface area contributed by atoms with E-state index in [2.05, 4.69) is 15.3 Å². The maximum Gasteiger partial charge on any atom is 0.333 e. The van der Waals surface area contributed by atoms with Crippen LogP contribution in [0.5, 0.6) is 0 Å². The molecule has 182 valence electrons. The van der Waals surface area contributed by atoms with Crippen molar-refractivity contribution in [3.05, 3.63) is 81.4 Å². The van der Waals surface area contributed by atoms with E-state index in [0.29, 0.717) is 18.8 Å². The number of fused-ring (bicyclic) bond motifs is 1. The fraction of sp³-hybridized carbons (Fsp3) is 0.292. The number of amides is 1. The fourth-order valence-corrected chi connectivity index (χ4v) is 4.26. The third-order valence-corrected chi connectivity index (χ3v) is 6.14. The summed E-state index contributed by atoms with van der Waals surface area (Å²) in [6, 6.07) is 12.9. The van der Waals surface area contributed by atoms with Crippen LogP contribution in [0.25, 0.3) is 11.2 Å². The Kier molecular flexibility index (Phi) is 7.78. The smallest absolute Gasteiger partial charge is 0.333 e. The van der Waals surface area contributed by atoms with Gasteiger partial charge in [0, 0.05) is 13.7 Å². The molecule has 0 bridgehead atoms. The highest BCUT2D eigenvalue weighted by atomic mass is 32.2. The average Bonchev–Trinajstić information content (AvgIpc) is 3.29. The summed E-state index contributed by atoms with van der Waals surface area (Å²) >= 11 is 1.59. The molecule has 0 aliphatic heterocycles. The summed E-state index contributed by atoms with van der Waals surface area (Å²) in [4.78, 5) is 48.2. The zero-order valence-electron chi connectivity index (χ0n) is 19.5. The van der Waals surface area contributed by atoms with Crippen molar-refractivity contribution in [2.24, 2.45) is 0 Å². The third kappa shape index (κ3) is 5.52. The summed E-state index contributed by atoms with van der Waals surface area (Å²) in [6.45, 7) is 2.54. The maximum absolute atomic E-state index is 13.4. The molecule has 0 fully saturated rings. The molecule has 0 saturated heterocycles. The number of nitrogens with one attached hydrogen (secondary N) is 1. The lowest BCUT2D eigenvalue weighted by Crippen LogP contribution is -2.43. The number of aromatic nitrogens is 5. The summed E-state index contributed by atoms with van der Waals surface area (Å²) in [5.74, 6) is 0.385. The quantitative estimate of drug-likeness (QED) is 0.336. The van der Waals surface area contributed by atoms with Crippen LogP contribution in [0.15, 0.2) is 69.6 Å². The van der Waals surface area contributed by atoms with Gasteiger partial charge in [-0.25, -0.2) is 19.3 Å². The predicted molar refractivity (Wildman–Crippen MR) is 135 cm³/mol. The molecule has 11 heteroatoms. The molecule has 3 heterocycles. The number of pyridine rings is 1. The lowest BCUT2D eigenvalue weighted by Gasteiger charge is -2.13. The molecule has 0 atom stereocenters. The van der Waals surface area contributed by atoms with Crippen molar-refractivity contribution < 1.29 is 9.53 Å². The molecule has 0 saturated carbocycles. The Morgan fingerprint density at radius 3 is 2.57 bits per heavy atom. The van der Waals surface area contributed by atoms with E-state index < -0.39 is 23.7 Å². The summed E-state index contributed by atoms with van der Waals surface area (Å²) in [5, 5.41) is 3.56. The van der Waals surface area contributed by atoms with Crippen LogP contribution in [0.4, 0.5) is 5.69 Å². The van der Waals surface area contributed by atoms with Crippen molar-refractivity contribution in [2.45, 2.75) is 31.6 Å². The summed E-state index contributed by atoms with van der Waals surface area (Å²) in [6.07, 6.45) is 3.06. The average molecular weight is 495 g/mol. The zero-order chi connectivity index (χ0) is 24.8. The van der Waals surface area contributed by atoms with Gasteiger partial charge in [0.1, 0.15) is 6.54 Å². The Bertz CT molecular complexity index is 1430. The molecule has 0 aliphatic carbocycles. The van der Waals surface area contributed by atoms with E-state index in [4.69, 9.17) is 4.74 Å². The number of imidazole rings is 1. The minimum absolute atomic E-state index is 0.208. The number of thioether (sulfide) groups is 1. The molecule has 0 spiro atoms. The lowest BCUT2D eigenvalue weighted by molar-refractivity contribution is -0.116. The molecule has 10 nitrogen and oxygen atoms in total. The number of anilines is 1. The molecule has 0 aliphatic rings. The number of methoxy groups -OCH3 is 1. The normalized spacial score (nSPS) is 11.1. The standard InChI is InChI=1S/C24H26N6O4S/c1-3-35-20-10-9-18(13-25-20)27-19(31)15-30-23(32)21-22(26-16-28(21)11-12-34-2)29(24(30)33)14-17-7-5-4-6-8-17/h4-10,13,16H,3,11-12,14-15H2,1-2H3,(H,27,31). The number of benzene rings is 1. The Hall–Kier alpha value is -3.70. The first-order valence-corrected chi connectivity index (χ1v) is 12.1. The predicted octanol–water partition coefficient (Wildman–Crippen LogP) is 2.20. The van der Waals surface area contributed by atoms with Crippen molar-refractivity contribution >= 4 is 34.5 Å². The van der Waals surface area contributed by atoms with Gasteiger partial charge in [-0.05, 0) is 23.4 Å². The molecule has 1 amide bonds. The number of hydrogen-bond acceptors (Lipinski definition) is 7. The number of nitrogens with zero attached hydrogens (tertiary/aromatic N) is 5. The SMILES string of the molecule is CCSc1ccc(NC(=O)Cn2c(=O)c3c(ncn3CCOC)n(Cc3ccccc3)c2=O)cn1. The van der Waals surface area contributed by atoms with Gasteiger partial charge in [-0.3, -0.25) is 14.2 Å². The molecular formula is C24H26N6O4S. The van der Waals surface area contributed by atoms with Crippen LogP contribution >= 0.6 is 11.8 Å². The Balaban J connectivity index is 1.71. The van der Waals surface area contributed by atoms with E-state index in [1.807, 2.05) is 43.3 Å². The number of hydrogen-bond donors (Lipinski definition) is 1. The molecule has 4 aromatic rings. The van der Waals surface area contributed by atoms with Gasteiger partial charge >= 0.3 is 5.69 Å². The van der Waals surface area contributed by atoms with E-state index >= 15 is 0 Å². The van der Waals surface area contributed by atoms with E-state index in [1.54, 1.807) is 35.7 Å². The topological polar surface area (TPSA) is 113 Å². The van der Waals surface area contributed by atoms with Gasteiger partial charge in [0.05, 0.1) is 36.4 Å². The van der Waals surface area contributed by atoms with Crippen molar-refractivity contribution in [1.29, 1.82) is 0 Å². The van der Waals surface area contributed by atoms with Gasteiger partial charge in [0.15, 0.2) is 11.2 Å². The van der Waals surface area contributed by atoms with Crippen LogP contribution < -0.4 is 16.6 Å². The first-order valence-electron chi connectivity index (χ1n) is 11.1. The number of rotatable bonds is 10. The highest BCUT2D eigenvalue weighted by molar-refractivity contribution is 7.99. The van der Waals surface area contributed by atoms with Crippen LogP contribution in [-0.4, -0.2) is 49.0 Å². The van der Waals surface area contributed by atoms with Crippen molar-refractivity contribution in [2.75, 3.05) is 24.8 Å². The van der Waals surface area contributed by atoms with Gasteiger partial charge in [-0.15, -0.1) is 11.8 Å². The third-order valence-electron chi connectivity index (χ3n) is 5.32. The Morgan fingerprint density at radius 1 is 1.09 bits per heavy atom. The number of carbonyl (C=O) groups excluding carboxylic acids is 1. The van der Waals surface area contributed by atoms with Gasteiger partial charge < -0.3 is 14.6 Å². The largest absolute Gasteiger partial charge is 0.383 e. The summed E-state index contributed by atoms with van der Waals surface area (Å²) in [7, 11) is 1.56. The van der Waals surface area contributed by atoms with E-state index in [1.165, 1.54) is 10.9 Å². The van der Waals surface area contributed by atoms with E-state index in [-0.39, 0.29) is 17.7 Å². The molecular weight excluding hydrogens is 468 g/mol. The first-order chi connectivity index (χ1) is 17.0. The van der Waals surface area contributed by atoms with Gasteiger partial charge in [0.25, 0.3) is 5.56 Å². The number of carbonyl (C=O) groups is 1. The second-order valence-corrected chi connectivity index (χ2v) is 9.00. The first kappa shape index (κ1) is 24.4. The van der Waals surface area contributed by atoms with Crippen LogP contribution in [0, 0.1) is 0 Å². The highest BCUT2D eigenvalue weighted by Gasteiger charge is 2.20. The van der Waals surface area contributed by atoms with Crippen LogP contribution in [-0.2, 0) is 29.2 Å². The summed E-state index contributed by atoms with van der Waals surface area (Å²) in [5.41, 5.74) is 0.683. The molecule has 1 aromatic carbocycles. The molecule has 0 unspecified atom stereocenters. The Morgan fingerprint density at radius 2 is 1.89 bits per heavy atom. The van der Waals surface area contributed by atoms with Crippen molar-refractivity contribution in [3.8, 4) is 0 Å². The minimum Gasteiger partial charge on any atom is -0.383 e. The van der Waals surface area contributed by atoms with Crippen molar-refractivity contribution in [1.82, 2.24) is 23.7 Å². The monoisotopic (exact) mass is 494 g/mol. The Labute approximate surface area is 205 Å². The highest BCUT2D eigenvalue weighted by Crippen LogP contribution is 2.16. The fourth-order valence-electron chi connectivity index (χ4n) is 3.68. The van der Waals surface area contributed by atoms with Gasteiger partial charge in [-0.2, -0.15) is 0 Å². The van der Waals surface area contributed by atoms with E-state index in [0.717, 1.165) is 20.9 Å². The molecule has 4 rings (SSSR count).